The Morgan fingerprint density at radius 3 is 2.41 bits per heavy atom. The highest BCUT2D eigenvalue weighted by molar-refractivity contribution is 5.87. The van der Waals surface area contributed by atoms with Crippen molar-refractivity contribution >= 4 is 11.9 Å². The smallest absolute Gasteiger partial charge is 0.315 e. The number of hydrogen-bond donors (Lipinski definition) is 3. The molecule has 1 heterocycles. The van der Waals surface area contributed by atoms with Crippen LogP contribution in [0, 0.1) is 11.8 Å². The summed E-state index contributed by atoms with van der Waals surface area (Å²) >= 11 is 0. The average Bonchev–Trinajstić information content (AvgIpc) is 2.69. The Balaban J connectivity index is 1.83. The SMILES string of the molecule is CNCCC1CCN(C(=O)C(NC(=O)NCc2ccccc2)C(C)C)CC1. The molecule has 1 aromatic carbocycles. The van der Waals surface area contributed by atoms with Crippen molar-refractivity contribution in [3.05, 3.63) is 35.9 Å². The number of carbonyl (C=O) groups is 2. The molecule has 0 spiro atoms. The molecule has 3 N–H and O–H groups in total. The molecule has 0 radical (unpaired) electrons. The maximum Gasteiger partial charge on any atom is 0.315 e. The molecule has 0 aromatic heterocycles. The van der Waals surface area contributed by atoms with Crippen molar-refractivity contribution in [1.82, 2.24) is 20.9 Å². The van der Waals surface area contributed by atoms with Crippen molar-refractivity contribution in [1.29, 1.82) is 0 Å². The monoisotopic (exact) mass is 374 g/mol. The molecule has 6 heteroatoms. The molecular formula is C21H34N4O2. The lowest BCUT2D eigenvalue weighted by molar-refractivity contribution is -0.135. The Hall–Kier alpha value is -2.08. The van der Waals surface area contributed by atoms with E-state index in [1.54, 1.807) is 0 Å². The zero-order chi connectivity index (χ0) is 19.6. The minimum absolute atomic E-state index is 0.0342. The molecule has 0 bridgehead atoms. The molecule has 1 saturated heterocycles. The molecule has 0 saturated carbocycles. The fraction of sp³-hybridized carbons (Fsp3) is 0.619. The number of hydrogen-bond acceptors (Lipinski definition) is 3. The van der Waals surface area contributed by atoms with Crippen molar-refractivity contribution in [2.45, 2.75) is 45.7 Å². The molecule has 6 nitrogen and oxygen atoms in total. The van der Waals surface area contributed by atoms with Crippen molar-refractivity contribution in [3.8, 4) is 0 Å². The topological polar surface area (TPSA) is 73.5 Å². The first-order chi connectivity index (χ1) is 13.0. The van der Waals surface area contributed by atoms with Crippen LogP contribution in [0.15, 0.2) is 30.3 Å². The Kier molecular flexibility index (Phi) is 8.58. The predicted octanol–water partition coefficient (Wildman–Crippen LogP) is 2.36. The predicted molar refractivity (Wildman–Crippen MR) is 108 cm³/mol. The van der Waals surface area contributed by atoms with Gasteiger partial charge in [0.05, 0.1) is 0 Å². The molecule has 1 aliphatic rings. The molecule has 3 amide bonds. The molecule has 27 heavy (non-hydrogen) atoms. The Morgan fingerprint density at radius 2 is 1.81 bits per heavy atom. The minimum atomic E-state index is -0.491. The highest BCUT2D eigenvalue weighted by Gasteiger charge is 2.31. The number of carbonyl (C=O) groups excluding carboxylic acids is 2. The third-order valence-corrected chi connectivity index (χ3v) is 5.24. The Morgan fingerprint density at radius 1 is 1.15 bits per heavy atom. The van der Waals surface area contributed by atoms with E-state index >= 15 is 0 Å². The maximum atomic E-state index is 12.9. The number of amides is 3. The van der Waals surface area contributed by atoms with Gasteiger partial charge in [0.2, 0.25) is 5.91 Å². The van der Waals surface area contributed by atoms with E-state index in [1.807, 2.05) is 56.1 Å². The van der Waals surface area contributed by atoms with E-state index in [4.69, 9.17) is 0 Å². The number of nitrogens with zero attached hydrogens (tertiary/aromatic N) is 1. The van der Waals surface area contributed by atoms with E-state index in [1.165, 1.54) is 0 Å². The lowest BCUT2D eigenvalue weighted by Crippen LogP contribution is -2.54. The van der Waals surface area contributed by atoms with Gasteiger partial charge < -0.3 is 20.9 Å². The zero-order valence-electron chi connectivity index (χ0n) is 16.8. The molecule has 2 rings (SSSR count). The quantitative estimate of drug-likeness (QED) is 0.654. The molecule has 150 valence electrons. The summed E-state index contributed by atoms with van der Waals surface area (Å²) in [6.45, 7) is 6.98. The number of likely N-dealkylation sites (tertiary alicyclic amines) is 1. The first-order valence-corrected chi connectivity index (χ1v) is 10.0. The lowest BCUT2D eigenvalue weighted by atomic mass is 9.92. The first-order valence-electron chi connectivity index (χ1n) is 10.0. The summed E-state index contributed by atoms with van der Waals surface area (Å²) in [7, 11) is 1.97. The summed E-state index contributed by atoms with van der Waals surface area (Å²) in [5.74, 6) is 0.759. The molecule has 1 atom stereocenters. The van der Waals surface area contributed by atoms with Crippen LogP contribution in [0.3, 0.4) is 0 Å². The Labute approximate surface area is 163 Å². The fourth-order valence-electron chi connectivity index (χ4n) is 3.47. The van der Waals surface area contributed by atoms with Crippen LogP contribution in [0.1, 0.15) is 38.7 Å². The van der Waals surface area contributed by atoms with Gasteiger partial charge in [-0.3, -0.25) is 4.79 Å². The summed E-state index contributed by atoms with van der Waals surface area (Å²) in [6.07, 6.45) is 3.24. The highest BCUT2D eigenvalue weighted by atomic mass is 16.2. The average molecular weight is 375 g/mol. The van der Waals surface area contributed by atoms with E-state index < -0.39 is 6.04 Å². The van der Waals surface area contributed by atoms with Crippen LogP contribution in [-0.2, 0) is 11.3 Å². The normalized spacial score (nSPS) is 16.2. The lowest BCUT2D eigenvalue weighted by Gasteiger charge is -2.35. The third kappa shape index (κ3) is 6.86. The standard InChI is InChI=1S/C21H34N4O2/c1-16(2)19(24-21(27)23-15-18-7-5-4-6-8-18)20(26)25-13-10-17(11-14-25)9-12-22-3/h4-8,16-17,19,22H,9-15H2,1-3H3,(H2,23,24,27). The van der Waals surface area contributed by atoms with Crippen LogP contribution in [-0.4, -0.2) is 49.6 Å². The number of rotatable bonds is 8. The van der Waals surface area contributed by atoms with E-state index in [9.17, 15) is 9.59 Å². The van der Waals surface area contributed by atoms with Crippen molar-refractivity contribution in [3.63, 3.8) is 0 Å². The summed E-state index contributed by atoms with van der Waals surface area (Å²) in [6, 6.07) is 8.96. The van der Waals surface area contributed by atoms with Gasteiger partial charge in [-0.05, 0) is 50.3 Å². The number of nitrogens with one attached hydrogen (secondary N) is 3. The van der Waals surface area contributed by atoms with Gasteiger partial charge in [0.1, 0.15) is 6.04 Å². The largest absolute Gasteiger partial charge is 0.341 e. The van der Waals surface area contributed by atoms with Gasteiger partial charge in [-0.25, -0.2) is 4.79 Å². The van der Waals surface area contributed by atoms with Crippen LogP contribution < -0.4 is 16.0 Å². The van der Waals surface area contributed by atoms with E-state index in [-0.39, 0.29) is 17.9 Å². The van der Waals surface area contributed by atoms with Crippen LogP contribution in [0.25, 0.3) is 0 Å². The van der Waals surface area contributed by atoms with Crippen molar-refractivity contribution in [2.75, 3.05) is 26.7 Å². The summed E-state index contributed by atoms with van der Waals surface area (Å²) in [5, 5.41) is 8.92. The molecule has 0 aliphatic carbocycles. The van der Waals surface area contributed by atoms with Crippen LogP contribution in [0.4, 0.5) is 4.79 Å². The van der Waals surface area contributed by atoms with Crippen LogP contribution >= 0.6 is 0 Å². The van der Waals surface area contributed by atoms with Crippen LogP contribution in [0.2, 0.25) is 0 Å². The summed E-state index contributed by atoms with van der Waals surface area (Å²) in [4.78, 5) is 27.1. The highest BCUT2D eigenvalue weighted by Crippen LogP contribution is 2.21. The molecule has 1 fully saturated rings. The second-order valence-electron chi connectivity index (χ2n) is 7.70. The minimum Gasteiger partial charge on any atom is -0.341 e. The van der Waals surface area contributed by atoms with Gasteiger partial charge in [0.25, 0.3) is 0 Å². The summed E-state index contributed by atoms with van der Waals surface area (Å²) < 4.78 is 0. The fourth-order valence-corrected chi connectivity index (χ4v) is 3.47. The Bertz CT molecular complexity index is 583. The van der Waals surface area contributed by atoms with Crippen molar-refractivity contribution in [2.24, 2.45) is 11.8 Å². The van der Waals surface area contributed by atoms with E-state index in [0.717, 1.165) is 44.5 Å². The van der Waals surface area contributed by atoms with Gasteiger partial charge in [0, 0.05) is 19.6 Å². The second kappa shape index (κ2) is 10.9. The molecular weight excluding hydrogens is 340 g/mol. The molecule has 1 aliphatic heterocycles. The van der Waals surface area contributed by atoms with Gasteiger partial charge in [0.15, 0.2) is 0 Å². The summed E-state index contributed by atoms with van der Waals surface area (Å²) in [5.41, 5.74) is 1.03. The maximum absolute atomic E-state index is 12.9. The van der Waals surface area contributed by atoms with Crippen LogP contribution in [0.5, 0.6) is 0 Å². The van der Waals surface area contributed by atoms with Crippen molar-refractivity contribution < 1.29 is 9.59 Å². The molecule has 1 aromatic rings. The second-order valence-corrected chi connectivity index (χ2v) is 7.70. The van der Waals surface area contributed by atoms with Gasteiger partial charge >= 0.3 is 6.03 Å². The molecule has 1 unspecified atom stereocenters. The number of piperidine rings is 1. The zero-order valence-corrected chi connectivity index (χ0v) is 16.8. The first kappa shape index (κ1) is 21.2. The van der Waals surface area contributed by atoms with Gasteiger partial charge in [-0.15, -0.1) is 0 Å². The number of benzene rings is 1. The van der Waals surface area contributed by atoms with E-state index in [2.05, 4.69) is 16.0 Å². The van der Waals surface area contributed by atoms with Gasteiger partial charge in [-0.2, -0.15) is 0 Å². The number of urea groups is 1. The van der Waals surface area contributed by atoms with Gasteiger partial charge in [-0.1, -0.05) is 44.2 Å². The van der Waals surface area contributed by atoms with E-state index in [0.29, 0.717) is 12.5 Å². The third-order valence-electron chi connectivity index (χ3n) is 5.24.